The van der Waals surface area contributed by atoms with Gasteiger partial charge in [-0.2, -0.15) is 0 Å². The van der Waals surface area contributed by atoms with E-state index in [0.29, 0.717) is 33.5 Å². The normalized spacial score (nSPS) is 10.9. The summed E-state index contributed by atoms with van der Waals surface area (Å²) in [5.74, 6) is 0.732. The number of benzene rings is 3. The Labute approximate surface area is 213 Å². The molecule has 0 aliphatic heterocycles. The minimum atomic E-state index is -0.475. The molecule has 2 amide bonds. The fourth-order valence-corrected chi connectivity index (χ4v) is 3.83. The number of amides is 2. The van der Waals surface area contributed by atoms with Gasteiger partial charge in [0.1, 0.15) is 0 Å². The van der Waals surface area contributed by atoms with Crippen molar-refractivity contribution in [3.63, 3.8) is 0 Å². The fraction of sp³-hybridized carbons (Fsp3) is 0.111. The van der Waals surface area contributed by atoms with Crippen molar-refractivity contribution >= 4 is 47.1 Å². The van der Waals surface area contributed by atoms with Crippen molar-refractivity contribution in [1.82, 2.24) is 14.8 Å². The van der Waals surface area contributed by atoms with E-state index in [2.05, 4.69) is 20.8 Å². The number of esters is 1. The summed E-state index contributed by atoms with van der Waals surface area (Å²) in [6.45, 7) is 1.93. The molecule has 2 N–H and O–H groups in total. The van der Waals surface area contributed by atoms with Crippen molar-refractivity contribution in [2.45, 2.75) is 6.92 Å². The van der Waals surface area contributed by atoms with Gasteiger partial charge in [0.25, 0.3) is 0 Å². The topological polar surface area (TPSA) is 98.1 Å². The van der Waals surface area contributed by atoms with E-state index in [1.165, 1.54) is 7.11 Å². The average molecular weight is 502 g/mol. The van der Waals surface area contributed by atoms with Crippen molar-refractivity contribution < 1.29 is 14.3 Å². The lowest BCUT2D eigenvalue weighted by atomic mass is 10.1. The van der Waals surface area contributed by atoms with Crippen LogP contribution in [0.4, 0.5) is 16.2 Å². The second-order valence-electron chi connectivity index (χ2n) is 7.94. The van der Waals surface area contributed by atoms with Gasteiger partial charge in [0.05, 0.1) is 12.7 Å². The van der Waals surface area contributed by atoms with Crippen LogP contribution in [0.3, 0.4) is 0 Å². The lowest BCUT2D eigenvalue weighted by molar-refractivity contribution is 0.0600. The molecule has 8 nitrogen and oxygen atoms in total. The predicted octanol–water partition coefficient (Wildman–Crippen LogP) is 6.04. The van der Waals surface area contributed by atoms with Gasteiger partial charge in [-0.05, 0) is 67.1 Å². The number of aromatic nitrogens is 3. The summed E-state index contributed by atoms with van der Waals surface area (Å²) in [6.07, 6.45) is 3.44. The summed E-state index contributed by atoms with van der Waals surface area (Å²) in [5.41, 5.74) is 4.09. The van der Waals surface area contributed by atoms with Crippen LogP contribution >= 0.6 is 11.6 Å². The maximum atomic E-state index is 12.3. The maximum Gasteiger partial charge on any atom is 0.338 e. The Morgan fingerprint density at radius 3 is 2.42 bits per heavy atom. The van der Waals surface area contributed by atoms with Gasteiger partial charge >= 0.3 is 12.0 Å². The molecule has 3 aromatic carbocycles. The smallest absolute Gasteiger partial charge is 0.338 e. The number of nitrogens with zero attached hydrogens (tertiary/aromatic N) is 3. The molecule has 9 heteroatoms. The van der Waals surface area contributed by atoms with Crippen molar-refractivity contribution in [3.8, 4) is 11.4 Å². The number of nitrogens with one attached hydrogen (secondary N) is 2. The summed E-state index contributed by atoms with van der Waals surface area (Å²) in [5, 5.41) is 14.6. The van der Waals surface area contributed by atoms with Gasteiger partial charge in [-0.25, -0.2) is 9.59 Å². The average Bonchev–Trinajstić information content (AvgIpc) is 3.24. The van der Waals surface area contributed by atoms with Gasteiger partial charge in [0, 0.05) is 34.6 Å². The SMILES string of the molecule is COC(=O)c1cccc(Cl)c1/C=C/c1nnc(-c2ccc(NC(=O)Nc3ccccc3C)cc2)n1C. The Bertz CT molecular complexity index is 1440. The molecule has 0 unspecified atom stereocenters. The van der Waals surface area contributed by atoms with Crippen LogP contribution in [-0.4, -0.2) is 33.9 Å². The Hall–Kier alpha value is -4.43. The van der Waals surface area contributed by atoms with Gasteiger partial charge in [-0.3, -0.25) is 0 Å². The van der Waals surface area contributed by atoms with Crippen LogP contribution in [0.15, 0.2) is 66.7 Å². The minimum Gasteiger partial charge on any atom is -0.465 e. The van der Waals surface area contributed by atoms with E-state index in [0.717, 1.165) is 16.8 Å². The monoisotopic (exact) mass is 501 g/mol. The Balaban J connectivity index is 1.48. The lowest BCUT2D eigenvalue weighted by Gasteiger charge is -2.10. The van der Waals surface area contributed by atoms with Crippen LogP contribution in [0.25, 0.3) is 23.5 Å². The first-order valence-electron chi connectivity index (χ1n) is 11.1. The molecule has 1 heterocycles. The van der Waals surface area contributed by atoms with Crippen LogP contribution in [0, 0.1) is 6.92 Å². The number of urea groups is 1. The van der Waals surface area contributed by atoms with E-state index in [9.17, 15) is 9.59 Å². The Kier molecular flexibility index (Phi) is 7.46. The number of aryl methyl sites for hydroxylation is 1. The lowest BCUT2D eigenvalue weighted by Crippen LogP contribution is -2.19. The molecule has 0 saturated heterocycles. The number of ether oxygens (including phenoxy) is 1. The largest absolute Gasteiger partial charge is 0.465 e. The molecule has 0 aliphatic carbocycles. The maximum absolute atomic E-state index is 12.3. The van der Waals surface area contributed by atoms with Crippen molar-refractivity contribution in [1.29, 1.82) is 0 Å². The number of hydrogen-bond donors (Lipinski definition) is 2. The van der Waals surface area contributed by atoms with Gasteiger partial charge in [-0.15, -0.1) is 10.2 Å². The number of anilines is 2. The van der Waals surface area contributed by atoms with Crippen molar-refractivity contribution in [3.05, 3.63) is 94.3 Å². The third-order valence-corrected chi connectivity index (χ3v) is 5.89. The highest BCUT2D eigenvalue weighted by molar-refractivity contribution is 6.32. The standard InChI is InChI=1S/C27H24ClN5O3/c1-17-7-4-5-10-23(17)30-27(35)29-19-13-11-18(12-14-19)25-32-31-24(33(25)2)16-15-20-21(26(34)36-3)8-6-9-22(20)28/h4-16H,1-3H3,(H2,29,30,35)/b16-15+. The number of halogens is 1. The van der Waals surface area contributed by atoms with Crippen LogP contribution < -0.4 is 10.6 Å². The van der Waals surface area contributed by atoms with Gasteiger partial charge in [0.2, 0.25) is 0 Å². The van der Waals surface area contributed by atoms with Crippen molar-refractivity contribution in [2.75, 3.05) is 17.7 Å². The fourth-order valence-electron chi connectivity index (χ4n) is 3.59. The van der Waals surface area contributed by atoms with E-state index in [4.69, 9.17) is 16.3 Å². The molecule has 36 heavy (non-hydrogen) atoms. The number of rotatable bonds is 6. The zero-order chi connectivity index (χ0) is 25.7. The summed E-state index contributed by atoms with van der Waals surface area (Å²) in [4.78, 5) is 24.4. The van der Waals surface area contributed by atoms with Gasteiger partial charge in [-0.1, -0.05) is 35.9 Å². The molecule has 4 aromatic rings. The van der Waals surface area contributed by atoms with E-state index < -0.39 is 5.97 Å². The number of methoxy groups -OCH3 is 1. The van der Waals surface area contributed by atoms with E-state index in [-0.39, 0.29) is 6.03 Å². The third kappa shape index (κ3) is 5.45. The zero-order valence-electron chi connectivity index (χ0n) is 19.9. The highest BCUT2D eigenvalue weighted by atomic mass is 35.5. The van der Waals surface area contributed by atoms with Crippen molar-refractivity contribution in [2.24, 2.45) is 7.05 Å². The molecule has 0 fully saturated rings. The minimum absolute atomic E-state index is 0.325. The molecular formula is C27H24ClN5O3. The van der Waals surface area contributed by atoms with Crippen LogP contribution in [-0.2, 0) is 11.8 Å². The third-order valence-electron chi connectivity index (χ3n) is 5.56. The number of para-hydroxylation sites is 1. The number of carbonyl (C=O) groups excluding carboxylic acids is 2. The van der Waals surface area contributed by atoms with E-state index >= 15 is 0 Å². The summed E-state index contributed by atoms with van der Waals surface area (Å²) >= 11 is 6.31. The zero-order valence-corrected chi connectivity index (χ0v) is 20.7. The first-order valence-corrected chi connectivity index (χ1v) is 11.4. The molecule has 0 spiro atoms. The molecular weight excluding hydrogens is 478 g/mol. The second kappa shape index (κ2) is 10.9. The summed E-state index contributed by atoms with van der Waals surface area (Å²) in [6, 6.07) is 19.6. The molecule has 4 rings (SSSR count). The quantitative estimate of drug-likeness (QED) is 0.314. The number of carbonyl (C=O) groups is 2. The summed E-state index contributed by atoms with van der Waals surface area (Å²) in [7, 11) is 3.16. The molecule has 1 aromatic heterocycles. The first kappa shape index (κ1) is 24.7. The van der Waals surface area contributed by atoms with Gasteiger partial charge < -0.3 is 19.9 Å². The molecule has 0 saturated carbocycles. The van der Waals surface area contributed by atoms with E-state index in [1.807, 2.05) is 54.9 Å². The first-order chi connectivity index (χ1) is 17.4. The second-order valence-corrected chi connectivity index (χ2v) is 8.35. The molecule has 182 valence electrons. The van der Waals surface area contributed by atoms with Gasteiger partial charge in [0.15, 0.2) is 11.6 Å². The molecule has 0 aliphatic rings. The Morgan fingerprint density at radius 1 is 0.944 bits per heavy atom. The summed E-state index contributed by atoms with van der Waals surface area (Å²) < 4.78 is 6.66. The molecule has 0 radical (unpaired) electrons. The van der Waals surface area contributed by atoms with E-state index in [1.54, 1.807) is 42.5 Å². The Morgan fingerprint density at radius 2 is 1.69 bits per heavy atom. The highest BCUT2D eigenvalue weighted by Crippen LogP contribution is 2.25. The highest BCUT2D eigenvalue weighted by Gasteiger charge is 2.14. The molecule has 0 atom stereocenters. The number of hydrogen-bond acceptors (Lipinski definition) is 5. The van der Waals surface area contributed by atoms with Crippen LogP contribution in [0.5, 0.6) is 0 Å². The van der Waals surface area contributed by atoms with Crippen LogP contribution in [0.2, 0.25) is 5.02 Å². The predicted molar refractivity (Wildman–Crippen MR) is 142 cm³/mol. The molecule has 0 bridgehead atoms. The van der Waals surface area contributed by atoms with Crippen LogP contribution in [0.1, 0.15) is 27.3 Å².